The molecule has 2 nitrogen and oxygen atoms in total. The minimum Gasteiger partial charge on any atom is -0.388 e. The number of thiazole rings is 1. The Labute approximate surface area is 135 Å². The molecule has 6 heteroatoms. The van der Waals surface area contributed by atoms with Gasteiger partial charge in [0.2, 0.25) is 0 Å². The number of nitrogens with zero attached hydrogens (tertiary/aromatic N) is 1. The van der Waals surface area contributed by atoms with E-state index in [2.05, 4.69) is 41.7 Å². The van der Waals surface area contributed by atoms with E-state index in [9.17, 15) is 13.9 Å². The summed E-state index contributed by atoms with van der Waals surface area (Å²) in [5.74, 6) is -1.93. The molecule has 0 aliphatic heterocycles. The number of aliphatic hydroxyl groups is 1. The van der Waals surface area contributed by atoms with Crippen LogP contribution in [-0.4, -0.2) is 10.1 Å². The fourth-order valence-electron chi connectivity index (χ4n) is 1.82. The Bertz CT molecular complexity index is 652. The Kier molecular flexibility index (Phi) is 4.80. The van der Waals surface area contributed by atoms with Crippen LogP contribution in [0.5, 0.6) is 0 Å². The molecule has 21 heavy (non-hydrogen) atoms. The SMILES string of the molecule is CC(C)(C)c1csc(CC(O)c2ccc(F)c(F)c2Br)n1. The van der Waals surface area contributed by atoms with Crippen molar-refractivity contribution in [1.82, 2.24) is 4.98 Å². The molecule has 1 atom stereocenters. The van der Waals surface area contributed by atoms with Crippen LogP contribution >= 0.6 is 27.3 Å². The summed E-state index contributed by atoms with van der Waals surface area (Å²) in [6.45, 7) is 6.19. The van der Waals surface area contributed by atoms with E-state index in [1.54, 1.807) is 0 Å². The summed E-state index contributed by atoms with van der Waals surface area (Å²) >= 11 is 4.45. The number of benzene rings is 1. The molecular weight excluding hydrogens is 360 g/mol. The smallest absolute Gasteiger partial charge is 0.173 e. The number of hydrogen-bond acceptors (Lipinski definition) is 3. The third-order valence-electron chi connectivity index (χ3n) is 3.11. The predicted octanol–water partition coefficient (Wildman–Crippen LogP) is 4.76. The van der Waals surface area contributed by atoms with E-state index in [-0.39, 0.29) is 16.3 Å². The first-order valence-electron chi connectivity index (χ1n) is 6.46. The van der Waals surface area contributed by atoms with Crippen LogP contribution in [0, 0.1) is 11.6 Å². The summed E-state index contributed by atoms with van der Waals surface area (Å²) in [5, 5.41) is 13.0. The molecule has 0 spiro atoms. The van der Waals surface area contributed by atoms with Gasteiger partial charge in [0.25, 0.3) is 0 Å². The van der Waals surface area contributed by atoms with Crippen LogP contribution in [-0.2, 0) is 11.8 Å². The molecule has 1 N–H and O–H groups in total. The van der Waals surface area contributed by atoms with E-state index >= 15 is 0 Å². The van der Waals surface area contributed by atoms with E-state index in [0.717, 1.165) is 16.8 Å². The number of halogens is 3. The molecular formula is C15H16BrF2NOS. The first kappa shape index (κ1) is 16.5. The molecule has 1 aromatic heterocycles. The van der Waals surface area contributed by atoms with Crippen molar-refractivity contribution >= 4 is 27.3 Å². The van der Waals surface area contributed by atoms with E-state index in [1.165, 1.54) is 17.4 Å². The monoisotopic (exact) mass is 375 g/mol. The minimum atomic E-state index is -0.985. The fourth-order valence-corrected chi connectivity index (χ4v) is 3.47. The molecule has 2 aromatic rings. The van der Waals surface area contributed by atoms with Crippen LogP contribution in [0.15, 0.2) is 22.0 Å². The molecule has 0 aliphatic rings. The van der Waals surface area contributed by atoms with Crippen molar-refractivity contribution in [3.05, 3.63) is 49.9 Å². The van der Waals surface area contributed by atoms with Crippen LogP contribution < -0.4 is 0 Å². The molecule has 0 saturated carbocycles. The standard InChI is InChI=1S/C15H16BrF2NOS/c1-15(2,3)11-7-21-12(19-11)6-10(20)8-4-5-9(17)14(18)13(8)16/h4-5,7,10,20H,6H2,1-3H3. The molecule has 0 radical (unpaired) electrons. The zero-order valence-corrected chi connectivity index (χ0v) is 14.4. The minimum absolute atomic E-state index is 0.0393. The number of rotatable bonds is 3. The lowest BCUT2D eigenvalue weighted by Crippen LogP contribution is -2.12. The van der Waals surface area contributed by atoms with Crippen molar-refractivity contribution in [2.75, 3.05) is 0 Å². The van der Waals surface area contributed by atoms with Gasteiger partial charge < -0.3 is 5.11 Å². The summed E-state index contributed by atoms with van der Waals surface area (Å²) in [7, 11) is 0. The molecule has 0 saturated heterocycles. The normalized spacial score (nSPS) is 13.5. The average Bonchev–Trinajstić information content (AvgIpc) is 2.84. The van der Waals surface area contributed by atoms with Crippen molar-refractivity contribution in [3.63, 3.8) is 0 Å². The van der Waals surface area contributed by atoms with Crippen LogP contribution in [0.4, 0.5) is 8.78 Å². The summed E-state index contributed by atoms with van der Waals surface area (Å²) in [5.41, 5.74) is 1.22. The first-order chi connectivity index (χ1) is 9.70. The number of hydrogen-bond donors (Lipinski definition) is 1. The second kappa shape index (κ2) is 6.10. The van der Waals surface area contributed by atoms with Gasteiger partial charge in [-0.2, -0.15) is 0 Å². The van der Waals surface area contributed by atoms with E-state index in [4.69, 9.17) is 0 Å². The fraction of sp³-hybridized carbons (Fsp3) is 0.400. The highest BCUT2D eigenvalue weighted by atomic mass is 79.9. The third kappa shape index (κ3) is 3.67. The zero-order valence-electron chi connectivity index (χ0n) is 12.0. The molecule has 0 fully saturated rings. The van der Waals surface area contributed by atoms with Gasteiger partial charge in [-0.1, -0.05) is 26.8 Å². The largest absolute Gasteiger partial charge is 0.388 e. The highest BCUT2D eigenvalue weighted by molar-refractivity contribution is 9.10. The molecule has 114 valence electrons. The van der Waals surface area contributed by atoms with Crippen molar-refractivity contribution < 1.29 is 13.9 Å². The van der Waals surface area contributed by atoms with Crippen LogP contribution in [0.1, 0.15) is 43.1 Å². The molecule has 0 aliphatic carbocycles. The van der Waals surface area contributed by atoms with Crippen LogP contribution in [0.2, 0.25) is 0 Å². The van der Waals surface area contributed by atoms with Gasteiger partial charge in [0.15, 0.2) is 11.6 Å². The average molecular weight is 376 g/mol. The predicted molar refractivity (Wildman–Crippen MR) is 83.5 cm³/mol. The van der Waals surface area contributed by atoms with Crippen LogP contribution in [0.25, 0.3) is 0 Å². The zero-order chi connectivity index (χ0) is 15.8. The van der Waals surface area contributed by atoms with Gasteiger partial charge in [-0.05, 0) is 27.6 Å². The van der Waals surface area contributed by atoms with Crippen molar-refractivity contribution in [1.29, 1.82) is 0 Å². The Morgan fingerprint density at radius 1 is 1.33 bits per heavy atom. The van der Waals surface area contributed by atoms with E-state index in [0.29, 0.717) is 5.56 Å². The molecule has 0 bridgehead atoms. The Balaban J connectivity index is 2.21. The second-order valence-electron chi connectivity index (χ2n) is 5.86. The lowest BCUT2D eigenvalue weighted by Gasteiger charge is -2.15. The molecule has 1 unspecified atom stereocenters. The highest BCUT2D eigenvalue weighted by Gasteiger charge is 2.21. The Hall–Kier alpha value is -0.850. The maximum absolute atomic E-state index is 13.5. The molecule has 0 amide bonds. The number of aromatic nitrogens is 1. The second-order valence-corrected chi connectivity index (χ2v) is 7.60. The van der Waals surface area contributed by atoms with Gasteiger partial charge in [-0.3, -0.25) is 0 Å². The lowest BCUT2D eigenvalue weighted by atomic mass is 9.93. The summed E-state index contributed by atoms with van der Waals surface area (Å²) < 4.78 is 26.6. The quantitative estimate of drug-likeness (QED) is 0.784. The van der Waals surface area contributed by atoms with Gasteiger partial charge >= 0.3 is 0 Å². The van der Waals surface area contributed by atoms with Crippen molar-refractivity contribution in [3.8, 4) is 0 Å². The molecule has 2 rings (SSSR count). The summed E-state index contributed by atoms with van der Waals surface area (Å²) in [6, 6.07) is 2.40. The van der Waals surface area contributed by atoms with Crippen LogP contribution in [0.3, 0.4) is 0 Å². The lowest BCUT2D eigenvalue weighted by molar-refractivity contribution is 0.176. The van der Waals surface area contributed by atoms with Crippen molar-refractivity contribution in [2.24, 2.45) is 0 Å². The first-order valence-corrected chi connectivity index (χ1v) is 8.13. The van der Waals surface area contributed by atoms with Gasteiger partial charge in [-0.15, -0.1) is 11.3 Å². The van der Waals surface area contributed by atoms with Gasteiger partial charge in [0.1, 0.15) is 0 Å². The van der Waals surface area contributed by atoms with Gasteiger partial charge in [0.05, 0.1) is 21.3 Å². The highest BCUT2D eigenvalue weighted by Crippen LogP contribution is 2.31. The van der Waals surface area contributed by atoms with Crippen molar-refractivity contribution in [2.45, 2.75) is 38.7 Å². The van der Waals surface area contributed by atoms with E-state index in [1.807, 2.05) is 5.38 Å². The maximum atomic E-state index is 13.5. The summed E-state index contributed by atoms with van der Waals surface area (Å²) in [4.78, 5) is 4.49. The number of aliphatic hydroxyl groups excluding tert-OH is 1. The Morgan fingerprint density at radius 2 is 2.00 bits per heavy atom. The maximum Gasteiger partial charge on any atom is 0.173 e. The Morgan fingerprint density at radius 3 is 2.57 bits per heavy atom. The molecule has 1 heterocycles. The third-order valence-corrected chi connectivity index (χ3v) is 4.79. The van der Waals surface area contributed by atoms with Gasteiger partial charge in [0, 0.05) is 17.2 Å². The van der Waals surface area contributed by atoms with Gasteiger partial charge in [-0.25, -0.2) is 13.8 Å². The molecule has 1 aromatic carbocycles. The van der Waals surface area contributed by atoms with E-state index < -0.39 is 17.7 Å². The summed E-state index contributed by atoms with van der Waals surface area (Å²) in [6.07, 6.45) is -0.668. The topological polar surface area (TPSA) is 33.1 Å².